The number of nitrogens with zero attached hydrogens (tertiary/aromatic N) is 1. The van der Waals surface area contributed by atoms with E-state index in [1.807, 2.05) is 0 Å². The average molecular weight is 420 g/mol. The number of likely N-dealkylation sites (tertiary alicyclic amines) is 1. The number of amides is 1. The number of rotatable bonds is 7. The maximum absolute atomic E-state index is 13.4. The SMILES string of the molecule is COc1ccc(C(=O)NC2CCN(Cc3ccc(F)c(F)c3)CC2)c(OC)c1OC. The number of carbonyl (C=O) groups excluding carboxylic acids is 1. The first-order chi connectivity index (χ1) is 14.5. The van der Waals surface area contributed by atoms with Crippen molar-refractivity contribution in [1.82, 2.24) is 10.2 Å². The third kappa shape index (κ3) is 4.81. The minimum atomic E-state index is -0.842. The van der Waals surface area contributed by atoms with Gasteiger partial charge in [0.25, 0.3) is 5.91 Å². The van der Waals surface area contributed by atoms with E-state index in [1.54, 1.807) is 18.2 Å². The molecule has 0 saturated carbocycles. The predicted octanol–water partition coefficient (Wildman–Crippen LogP) is 3.39. The van der Waals surface area contributed by atoms with Gasteiger partial charge in [-0.1, -0.05) is 6.07 Å². The van der Waals surface area contributed by atoms with Crippen LogP contribution in [0.1, 0.15) is 28.8 Å². The summed E-state index contributed by atoms with van der Waals surface area (Å²) in [4.78, 5) is 15.0. The molecule has 1 heterocycles. The molecular weight excluding hydrogens is 394 g/mol. The Morgan fingerprint density at radius 2 is 1.70 bits per heavy atom. The summed E-state index contributed by atoms with van der Waals surface area (Å²) in [5, 5.41) is 3.05. The molecule has 30 heavy (non-hydrogen) atoms. The molecular formula is C22H26F2N2O4. The van der Waals surface area contributed by atoms with Crippen LogP contribution in [0.3, 0.4) is 0 Å². The highest BCUT2D eigenvalue weighted by atomic mass is 19.2. The predicted molar refractivity (Wildman–Crippen MR) is 108 cm³/mol. The Labute approximate surface area is 174 Å². The maximum Gasteiger partial charge on any atom is 0.255 e. The van der Waals surface area contributed by atoms with Gasteiger partial charge in [-0.25, -0.2) is 8.78 Å². The van der Waals surface area contributed by atoms with E-state index in [0.29, 0.717) is 29.4 Å². The Morgan fingerprint density at radius 1 is 1.00 bits per heavy atom. The second-order valence-electron chi connectivity index (χ2n) is 7.15. The molecule has 162 valence electrons. The zero-order valence-electron chi connectivity index (χ0n) is 17.3. The van der Waals surface area contributed by atoms with Gasteiger partial charge < -0.3 is 19.5 Å². The van der Waals surface area contributed by atoms with Crippen LogP contribution in [0.2, 0.25) is 0 Å². The fraction of sp³-hybridized carbons (Fsp3) is 0.409. The lowest BCUT2D eigenvalue weighted by Gasteiger charge is -2.32. The number of piperidine rings is 1. The Balaban J connectivity index is 1.59. The van der Waals surface area contributed by atoms with Crippen LogP contribution in [-0.4, -0.2) is 51.3 Å². The molecule has 2 aromatic rings. The van der Waals surface area contributed by atoms with Gasteiger partial charge in [0.1, 0.15) is 0 Å². The first kappa shape index (κ1) is 21.8. The molecule has 1 fully saturated rings. The standard InChI is InChI=1S/C22H26F2N2O4/c1-28-19-7-5-16(20(29-2)21(19)30-3)22(27)25-15-8-10-26(11-9-15)13-14-4-6-17(23)18(24)12-14/h4-7,12,15H,8-11,13H2,1-3H3,(H,25,27). The van der Waals surface area contributed by atoms with Crippen molar-refractivity contribution >= 4 is 5.91 Å². The molecule has 0 bridgehead atoms. The Bertz CT molecular complexity index is 899. The molecule has 1 amide bonds. The summed E-state index contributed by atoms with van der Waals surface area (Å²) in [7, 11) is 4.49. The van der Waals surface area contributed by atoms with Crippen molar-refractivity contribution in [3.05, 3.63) is 53.1 Å². The van der Waals surface area contributed by atoms with E-state index in [0.717, 1.165) is 37.6 Å². The number of hydrogen-bond acceptors (Lipinski definition) is 5. The lowest BCUT2D eigenvalue weighted by Crippen LogP contribution is -2.44. The van der Waals surface area contributed by atoms with Crippen molar-refractivity contribution in [2.24, 2.45) is 0 Å². The number of nitrogens with one attached hydrogen (secondary N) is 1. The summed E-state index contributed by atoms with van der Waals surface area (Å²) in [5.74, 6) is -0.744. The van der Waals surface area contributed by atoms with E-state index in [-0.39, 0.29) is 11.9 Å². The normalized spacial score (nSPS) is 15.0. The van der Waals surface area contributed by atoms with Crippen molar-refractivity contribution in [1.29, 1.82) is 0 Å². The molecule has 1 N–H and O–H groups in total. The molecule has 1 aliphatic heterocycles. The molecule has 0 aliphatic carbocycles. The number of carbonyl (C=O) groups is 1. The fourth-order valence-electron chi connectivity index (χ4n) is 3.67. The van der Waals surface area contributed by atoms with Gasteiger partial charge in [0, 0.05) is 25.7 Å². The number of ether oxygens (including phenoxy) is 3. The van der Waals surface area contributed by atoms with Gasteiger partial charge in [-0.15, -0.1) is 0 Å². The van der Waals surface area contributed by atoms with Crippen LogP contribution in [0, 0.1) is 11.6 Å². The van der Waals surface area contributed by atoms with E-state index < -0.39 is 11.6 Å². The van der Waals surface area contributed by atoms with Crippen LogP contribution in [0.5, 0.6) is 17.2 Å². The van der Waals surface area contributed by atoms with Crippen molar-refractivity contribution in [2.75, 3.05) is 34.4 Å². The molecule has 0 radical (unpaired) electrons. The van der Waals surface area contributed by atoms with Crippen LogP contribution >= 0.6 is 0 Å². The largest absolute Gasteiger partial charge is 0.493 e. The first-order valence-electron chi connectivity index (χ1n) is 9.73. The molecule has 1 saturated heterocycles. The Hall–Kier alpha value is -2.87. The minimum Gasteiger partial charge on any atom is -0.493 e. The topological polar surface area (TPSA) is 60.0 Å². The minimum absolute atomic E-state index is 0.0107. The third-order valence-electron chi connectivity index (χ3n) is 5.26. The number of methoxy groups -OCH3 is 3. The van der Waals surface area contributed by atoms with Crippen molar-refractivity contribution in [2.45, 2.75) is 25.4 Å². The third-order valence-corrected chi connectivity index (χ3v) is 5.26. The van der Waals surface area contributed by atoms with E-state index in [9.17, 15) is 13.6 Å². The van der Waals surface area contributed by atoms with Crippen LogP contribution in [0.25, 0.3) is 0 Å². The zero-order valence-corrected chi connectivity index (χ0v) is 17.3. The number of hydrogen-bond donors (Lipinski definition) is 1. The molecule has 0 spiro atoms. The monoisotopic (exact) mass is 420 g/mol. The molecule has 1 aliphatic rings. The molecule has 8 heteroatoms. The summed E-state index contributed by atoms with van der Waals surface area (Å²) in [5.41, 5.74) is 1.10. The first-order valence-corrected chi connectivity index (χ1v) is 9.73. The van der Waals surface area contributed by atoms with Gasteiger partial charge in [0.2, 0.25) is 5.75 Å². The van der Waals surface area contributed by atoms with Gasteiger partial charge >= 0.3 is 0 Å². The van der Waals surface area contributed by atoms with Crippen LogP contribution in [-0.2, 0) is 6.54 Å². The van der Waals surface area contributed by atoms with Gasteiger partial charge in [-0.05, 0) is 42.7 Å². The zero-order chi connectivity index (χ0) is 21.7. The summed E-state index contributed by atoms with van der Waals surface area (Å²) in [6.07, 6.45) is 1.51. The quantitative estimate of drug-likeness (QED) is 0.744. The van der Waals surface area contributed by atoms with E-state index >= 15 is 0 Å². The van der Waals surface area contributed by atoms with E-state index in [1.165, 1.54) is 27.4 Å². The van der Waals surface area contributed by atoms with Crippen LogP contribution in [0.4, 0.5) is 8.78 Å². The van der Waals surface area contributed by atoms with Gasteiger partial charge in [-0.2, -0.15) is 0 Å². The molecule has 0 unspecified atom stereocenters. The van der Waals surface area contributed by atoms with E-state index in [2.05, 4.69) is 10.2 Å². The smallest absolute Gasteiger partial charge is 0.255 e. The highest BCUT2D eigenvalue weighted by Gasteiger charge is 2.25. The summed E-state index contributed by atoms with van der Waals surface area (Å²) < 4.78 is 42.5. The summed E-state index contributed by atoms with van der Waals surface area (Å²) >= 11 is 0. The second kappa shape index (κ2) is 9.75. The van der Waals surface area contributed by atoms with Crippen molar-refractivity contribution in [3.8, 4) is 17.2 Å². The highest BCUT2D eigenvalue weighted by Crippen LogP contribution is 2.39. The Morgan fingerprint density at radius 3 is 2.30 bits per heavy atom. The number of benzene rings is 2. The average Bonchev–Trinajstić information content (AvgIpc) is 2.76. The summed E-state index contributed by atoms with van der Waals surface area (Å²) in [6, 6.07) is 7.29. The molecule has 0 aromatic heterocycles. The highest BCUT2D eigenvalue weighted by molar-refractivity contribution is 5.98. The van der Waals surface area contributed by atoms with Crippen LogP contribution < -0.4 is 19.5 Å². The van der Waals surface area contributed by atoms with Crippen molar-refractivity contribution < 1.29 is 27.8 Å². The molecule has 2 aromatic carbocycles. The molecule has 3 rings (SSSR count). The lowest BCUT2D eigenvalue weighted by atomic mass is 10.0. The van der Waals surface area contributed by atoms with E-state index in [4.69, 9.17) is 14.2 Å². The molecule has 0 atom stereocenters. The van der Waals surface area contributed by atoms with Crippen molar-refractivity contribution in [3.63, 3.8) is 0 Å². The fourth-order valence-corrected chi connectivity index (χ4v) is 3.67. The maximum atomic E-state index is 13.4. The lowest BCUT2D eigenvalue weighted by molar-refractivity contribution is 0.0905. The Kier molecular flexibility index (Phi) is 7.10. The molecule has 6 nitrogen and oxygen atoms in total. The van der Waals surface area contributed by atoms with Gasteiger partial charge in [0.15, 0.2) is 23.1 Å². The number of halogens is 2. The van der Waals surface area contributed by atoms with Crippen LogP contribution in [0.15, 0.2) is 30.3 Å². The summed E-state index contributed by atoms with van der Waals surface area (Å²) in [6.45, 7) is 2.03. The van der Waals surface area contributed by atoms with Gasteiger partial charge in [0.05, 0.1) is 26.9 Å². The van der Waals surface area contributed by atoms with Gasteiger partial charge in [-0.3, -0.25) is 9.69 Å². The second-order valence-corrected chi connectivity index (χ2v) is 7.15.